The van der Waals surface area contributed by atoms with Crippen LogP contribution in [0.15, 0.2) is 24.3 Å². The number of benzene rings is 1. The molecule has 4 aliphatic rings. The van der Waals surface area contributed by atoms with Crippen molar-refractivity contribution in [3.63, 3.8) is 0 Å². The molecule has 5 rings (SSSR count). The molecule has 4 heteroatoms. The number of hydrogen-bond acceptors (Lipinski definition) is 2. The van der Waals surface area contributed by atoms with Gasteiger partial charge >= 0.3 is 0 Å². The smallest absolute Gasteiger partial charge is 0.220 e. The summed E-state index contributed by atoms with van der Waals surface area (Å²) in [7, 11) is 1.67. The van der Waals surface area contributed by atoms with Gasteiger partial charge in [-0.25, -0.2) is 0 Å². The summed E-state index contributed by atoms with van der Waals surface area (Å²) in [6, 6.07) is 7.89. The van der Waals surface area contributed by atoms with Crippen molar-refractivity contribution in [2.24, 2.45) is 17.3 Å². The Balaban J connectivity index is 1.40. The van der Waals surface area contributed by atoms with Gasteiger partial charge in [0.2, 0.25) is 5.91 Å². The first-order valence-electron chi connectivity index (χ1n) is 9.07. The maximum absolute atomic E-state index is 12.6. The van der Waals surface area contributed by atoms with Gasteiger partial charge in [0.25, 0.3) is 0 Å². The summed E-state index contributed by atoms with van der Waals surface area (Å²) < 4.78 is 5.69. The molecular formula is C20H26BrNO2. The van der Waals surface area contributed by atoms with Gasteiger partial charge in [0, 0.05) is 22.9 Å². The first kappa shape index (κ1) is 16.4. The minimum Gasteiger partial charge on any atom is -0.496 e. The summed E-state index contributed by atoms with van der Waals surface area (Å²) in [6.07, 6.45) is 8.37. The third-order valence-electron chi connectivity index (χ3n) is 6.31. The van der Waals surface area contributed by atoms with Crippen molar-refractivity contribution in [2.45, 2.75) is 55.8 Å². The average molecular weight is 392 g/mol. The molecule has 24 heavy (non-hydrogen) atoms. The van der Waals surface area contributed by atoms with Crippen LogP contribution in [0.2, 0.25) is 0 Å². The van der Waals surface area contributed by atoms with Crippen LogP contribution in [0.4, 0.5) is 0 Å². The van der Waals surface area contributed by atoms with Gasteiger partial charge < -0.3 is 10.1 Å². The monoisotopic (exact) mass is 391 g/mol. The van der Waals surface area contributed by atoms with Gasteiger partial charge in [0.05, 0.1) is 7.11 Å². The molecule has 1 aromatic carbocycles. The lowest BCUT2D eigenvalue weighted by Gasteiger charge is -2.60. The number of carbonyl (C=O) groups excluding carboxylic acids is 1. The second kappa shape index (κ2) is 6.05. The molecule has 4 bridgehead atoms. The van der Waals surface area contributed by atoms with Crippen LogP contribution in [0, 0.1) is 17.3 Å². The minimum absolute atomic E-state index is 0.193. The van der Waals surface area contributed by atoms with Crippen LogP contribution in [-0.4, -0.2) is 17.3 Å². The minimum atomic E-state index is 0.193. The maximum atomic E-state index is 12.6. The number of carbonyl (C=O) groups is 1. The highest BCUT2D eigenvalue weighted by molar-refractivity contribution is 9.10. The van der Waals surface area contributed by atoms with Crippen molar-refractivity contribution in [3.8, 4) is 5.75 Å². The van der Waals surface area contributed by atoms with Crippen LogP contribution in [0.3, 0.4) is 0 Å². The molecule has 4 aliphatic carbocycles. The SMILES string of the molecule is COc1ccccc1CNC(=O)CC12C[C@@H]3C[C@@H](CC(Br)(C3)C1)C2. The van der Waals surface area contributed by atoms with E-state index in [1.807, 2.05) is 24.3 Å². The first-order valence-corrected chi connectivity index (χ1v) is 9.86. The molecule has 1 aromatic rings. The van der Waals surface area contributed by atoms with Gasteiger partial charge in [-0.2, -0.15) is 0 Å². The molecule has 0 heterocycles. The molecule has 2 unspecified atom stereocenters. The second-order valence-corrected chi connectivity index (χ2v) is 10.1. The molecule has 0 radical (unpaired) electrons. The molecule has 1 amide bonds. The molecule has 4 saturated carbocycles. The Labute approximate surface area is 152 Å². The van der Waals surface area contributed by atoms with Crippen molar-refractivity contribution in [1.29, 1.82) is 0 Å². The van der Waals surface area contributed by atoms with E-state index in [4.69, 9.17) is 4.74 Å². The van der Waals surface area contributed by atoms with E-state index in [2.05, 4.69) is 21.2 Å². The van der Waals surface area contributed by atoms with Gasteiger partial charge in [-0.1, -0.05) is 34.1 Å². The summed E-state index contributed by atoms with van der Waals surface area (Å²) >= 11 is 4.03. The molecule has 4 fully saturated rings. The Hall–Kier alpha value is -1.03. The number of halogens is 1. The third-order valence-corrected chi connectivity index (χ3v) is 7.24. The predicted octanol–water partition coefficient (Wildman–Crippen LogP) is 4.44. The second-order valence-electron chi connectivity index (χ2n) is 8.38. The van der Waals surface area contributed by atoms with Crippen LogP contribution < -0.4 is 10.1 Å². The normalized spacial score (nSPS) is 36.6. The number of hydrogen-bond donors (Lipinski definition) is 1. The summed E-state index contributed by atoms with van der Waals surface area (Å²) in [4.78, 5) is 12.6. The number of amides is 1. The fraction of sp³-hybridized carbons (Fsp3) is 0.650. The van der Waals surface area contributed by atoms with Gasteiger partial charge in [0.15, 0.2) is 0 Å². The van der Waals surface area contributed by atoms with E-state index in [-0.39, 0.29) is 11.3 Å². The van der Waals surface area contributed by atoms with E-state index in [0.717, 1.165) is 23.1 Å². The standard InChI is InChI=1S/C20H26BrNO2/c1-24-17-5-3-2-4-16(17)12-22-18(23)11-19-7-14-6-15(8-19)10-20(21,9-14)13-19/h2-5,14-15H,6-13H2,1H3,(H,22,23)/t14-,15+,19?,20?. The quantitative estimate of drug-likeness (QED) is 0.753. The van der Waals surface area contributed by atoms with E-state index in [1.165, 1.54) is 38.5 Å². The highest BCUT2D eigenvalue weighted by Crippen LogP contribution is 2.65. The molecular weight excluding hydrogens is 366 g/mol. The highest BCUT2D eigenvalue weighted by atomic mass is 79.9. The number of methoxy groups -OCH3 is 1. The number of ether oxygens (including phenoxy) is 1. The lowest BCUT2D eigenvalue weighted by atomic mass is 9.48. The molecule has 1 N–H and O–H groups in total. The Bertz CT molecular complexity index is 630. The van der Waals surface area contributed by atoms with Crippen LogP contribution >= 0.6 is 15.9 Å². The van der Waals surface area contributed by atoms with Gasteiger partial charge in [-0.3, -0.25) is 4.79 Å². The summed E-state index contributed by atoms with van der Waals surface area (Å²) in [5.74, 6) is 2.69. The lowest BCUT2D eigenvalue weighted by molar-refractivity contribution is -0.128. The maximum Gasteiger partial charge on any atom is 0.220 e. The fourth-order valence-corrected chi connectivity index (χ4v) is 7.50. The van der Waals surface area contributed by atoms with Crippen LogP contribution in [0.25, 0.3) is 0 Å². The summed E-state index contributed by atoms with van der Waals surface area (Å²) in [5, 5.41) is 3.13. The number of alkyl halides is 1. The van der Waals surface area contributed by atoms with Gasteiger partial charge in [0.1, 0.15) is 5.75 Å². The number of nitrogens with one attached hydrogen (secondary N) is 1. The molecule has 0 spiro atoms. The van der Waals surface area contributed by atoms with E-state index in [9.17, 15) is 4.79 Å². The Morgan fingerprint density at radius 1 is 1.25 bits per heavy atom. The van der Waals surface area contributed by atoms with E-state index in [0.29, 0.717) is 17.3 Å². The largest absolute Gasteiger partial charge is 0.496 e. The van der Waals surface area contributed by atoms with Crippen molar-refractivity contribution < 1.29 is 9.53 Å². The molecule has 130 valence electrons. The Kier molecular flexibility index (Phi) is 4.14. The predicted molar refractivity (Wildman–Crippen MR) is 98.2 cm³/mol. The summed E-state index contributed by atoms with van der Waals surface area (Å²) in [6.45, 7) is 0.547. The topological polar surface area (TPSA) is 38.3 Å². The number of rotatable bonds is 5. The zero-order chi connectivity index (χ0) is 16.8. The molecule has 0 saturated heterocycles. The Morgan fingerprint density at radius 3 is 2.62 bits per heavy atom. The van der Waals surface area contributed by atoms with Crippen LogP contribution in [-0.2, 0) is 11.3 Å². The van der Waals surface area contributed by atoms with Crippen LogP contribution in [0.5, 0.6) is 5.75 Å². The molecule has 4 atom stereocenters. The van der Waals surface area contributed by atoms with Crippen LogP contribution in [0.1, 0.15) is 50.5 Å². The summed E-state index contributed by atoms with van der Waals surface area (Å²) in [5.41, 5.74) is 1.27. The first-order chi connectivity index (χ1) is 11.5. The number of para-hydroxylation sites is 1. The van der Waals surface area contributed by atoms with Gasteiger partial charge in [-0.15, -0.1) is 0 Å². The lowest BCUT2D eigenvalue weighted by Crippen LogP contribution is -2.54. The van der Waals surface area contributed by atoms with Crippen molar-refractivity contribution in [2.75, 3.05) is 7.11 Å². The van der Waals surface area contributed by atoms with Gasteiger partial charge in [-0.05, 0) is 61.8 Å². The molecule has 0 aromatic heterocycles. The van der Waals surface area contributed by atoms with Crippen molar-refractivity contribution >= 4 is 21.8 Å². The highest BCUT2D eigenvalue weighted by Gasteiger charge is 2.57. The van der Waals surface area contributed by atoms with Crippen molar-refractivity contribution in [3.05, 3.63) is 29.8 Å². The molecule has 3 nitrogen and oxygen atoms in total. The third kappa shape index (κ3) is 3.10. The van der Waals surface area contributed by atoms with Crippen molar-refractivity contribution in [1.82, 2.24) is 5.32 Å². The van der Waals surface area contributed by atoms with E-state index < -0.39 is 0 Å². The zero-order valence-electron chi connectivity index (χ0n) is 14.3. The van der Waals surface area contributed by atoms with E-state index in [1.54, 1.807) is 7.11 Å². The Morgan fingerprint density at radius 2 is 1.96 bits per heavy atom. The zero-order valence-corrected chi connectivity index (χ0v) is 15.9. The molecule has 0 aliphatic heterocycles. The van der Waals surface area contributed by atoms with E-state index >= 15 is 0 Å². The average Bonchev–Trinajstić information content (AvgIpc) is 2.50. The fourth-order valence-electron chi connectivity index (χ4n) is 5.99.